The van der Waals surface area contributed by atoms with Gasteiger partial charge in [0.2, 0.25) is 0 Å². The van der Waals surface area contributed by atoms with Gasteiger partial charge in [0.25, 0.3) is 5.91 Å². The van der Waals surface area contributed by atoms with Gasteiger partial charge >= 0.3 is 0 Å². The number of hydrogen-bond acceptors (Lipinski definition) is 3. The van der Waals surface area contributed by atoms with Gasteiger partial charge in [0.1, 0.15) is 11.6 Å². The van der Waals surface area contributed by atoms with Crippen molar-refractivity contribution in [3.05, 3.63) is 107 Å². The van der Waals surface area contributed by atoms with Gasteiger partial charge in [-0.1, -0.05) is 82.5 Å². The highest BCUT2D eigenvalue weighted by Gasteiger charge is 2.35. The van der Waals surface area contributed by atoms with E-state index < -0.39 is 23.8 Å². The fourth-order valence-electron chi connectivity index (χ4n) is 5.56. The fourth-order valence-corrected chi connectivity index (χ4v) is 5.56. The first-order chi connectivity index (χ1) is 18.6. The number of aliphatic hydroxyl groups is 1. The van der Waals surface area contributed by atoms with Crippen LogP contribution in [0.1, 0.15) is 79.9 Å². The first-order valence-electron chi connectivity index (χ1n) is 13.9. The third kappa shape index (κ3) is 7.52. The molecule has 3 N–H and O–H groups in total. The first-order valence-corrected chi connectivity index (χ1v) is 13.9. The summed E-state index contributed by atoms with van der Waals surface area (Å²) in [6.45, 7) is 6.82. The van der Waals surface area contributed by atoms with Gasteiger partial charge in [0, 0.05) is 23.7 Å². The number of aliphatic hydroxyl groups excluding tert-OH is 1. The van der Waals surface area contributed by atoms with Crippen molar-refractivity contribution < 1.29 is 18.7 Å². The molecule has 4 rings (SSSR count). The Morgan fingerprint density at radius 1 is 0.923 bits per heavy atom. The predicted octanol–water partition coefficient (Wildman–Crippen LogP) is 6.41. The molecular formula is C33H40F2N2O2. The SMILES string of the molecule is CC(C)(C)c1cccc(C2(NCC(O)C(Cc3cc(F)cc(F)c3)NC(=O)c3ccccc3)CCCCC2)c1. The molecule has 2 atom stereocenters. The second kappa shape index (κ2) is 12.4. The number of carbonyl (C=O) groups excluding carboxylic acids is 1. The van der Waals surface area contributed by atoms with E-state index in [2.05, 4.69) is 55.7 Å². The summed E-state index contributed by atoms with van der Waals surface area (Å²) in [6, 6.07) is 20.0. The number of hydrogen-bond donors (Lipinski definition) is 3. The molecule has 0 heterocycles. The van der Waals surface area contributed by atoms with Gasteiger partial charge in [-0.25, -0.2) is 8.78 Å². The molecule has 1 aliphatic rings. The molecule has 208 valence electrons. The number of nitrogens with one attached hydrogen (secondary N) is 2. The summed E-state index contributed by atoms with van der Waals surface area (Å²) < 4.78 is 27.9. The third-order valence-corrected chi connectivity index (χ3v) is 7.83. The smallest absolute Gasteiger partial charge is 0.251 e. The molecule has 0 aromatic heterocycles. The molecule has 3 aromatic rings. The van der Waals surface area contributed by atoms with Crippen molar-refractivity contribution in [1.82, 2.24) is 10.6 Å². The minimum Gasteiger partial charge on any atom is -0.390 e. The van der Waals surface area contributed by atoms with E-state index in [0.717, 1.165) is 31.7 Å². The highest BCUT2D eigenvalue weighted by atomic mass is 19.1. The van der Waals surface area contributed by atoms with Crippen molar-refractivity contribution >= 4 is 5.91 Å². The van der Waals surface area contributed by atoms with Crippen LogP contribution in [0.2, 0.25) is 0 Å². The average molecular weight is 535 g/mol. The molecule has 1 fully saturated rings. The van der Waals surface area contributed by atoms with Crippen LogP contribution in [0.3, 0.4) is 0 Å². The number of rotatable bonds is 9. The summed E-state index contributed by atoms with van der Waals surface area (Å²) >= 11 is 0. The minimum absolute atomic E-state index is 0.0123. The van der Waals surface area contributed by atoms with Gasteiger partial charge in [-0.05, 0) is 65.6 Å². The highest BCUT2D eigenvalue weighted by molar-refractivity contribution is 5.94. The van der Waals surface area contributed by atoms with Crippen molar-refractivity contribution in [2.24, 2.45) is 0 Å². The van der Waals surface area contributed by atoms with Crippen molar-refractivity contribution in [1.29, 1.82) is 0 Å². The molecule has 6 heteroatoms. The Bertz CT molecular complexity index is 1230. The average Bonchev–Trinajstić information content (AvgIpc) is 2.91. The van der Waals surface area contributed by atoms with E-state index >= 15 is 0 Å². The largest absolute Gasteiger partial charge is 0.390 e. The first kappa shape index (κ1) is 28.9. The summed E-state index contributed by atoms with van der Waals surface area (Å²) in [5, 5.41) is 18.0. The van der Waals surface area contributed by atoms with Crippen LogP contribution in [0.25, 0.3) is 0 Å². The lowest BCUT2D eigenvalue weighted by Gasteiger charge is -2.41. The van der Waals surface area contributed by atoms with E-state index in [1.807, 2.05) is 6.07 Å². The maximum Gasteiger partial charge on any atom is 0.251 e. The topological polar surface area (TPSA) is 61.4 Å². The van der Waals surface area contributed by atoms with Crippen molar-refractivity contribution in [2.75, 3.05) is 6.54 Å². The Morgan fingerprint density at radius 3 is 2.23 bits per heavy atom. The summed E-state index contributed by atoms with van der Waals surface area (Å²) in [7, 11) is 0. The lowest BCUT2D eigenvalue weighted by atomic mass is 9.74. The number of benzene rings is 3. The number of halogens is 2. The molecule has 0 radical (unpaired) electrons. The van der Waals surface area contributed by atoms with Crippen LogP contribution in [-0.4, -0.2) is 29.7 Å². The van der Waals surface area contributed by atoms with E-state index in [4.69, 9.17) is 0 Å². The number of carbonyl (C=O) groups is 1. The maximum atomic E-state index is 14.0. The van der Waals surface area contributed by atoms with Gasteiger partial charge in [0.15, 0.2) is 0 Å². The second-order valence-corrected chi connectivity index (χ2v) is 11.8. The van der Waals surface area contributed by atoms with Crippen LogP contribution >= 0.6 is 0 Å². The normalized spacial score (nSPS) is 16.9. The Hall–Kier alpha value is -3.09. The lowest BCUT2D eigenvalue weighted by molar-refractivity contribution is 0.0788. The van der Waals surface area contributed by atoms with Gasteiger partial charge in [-0.15, -0.1) is 0 Å². The fraction of sp³-hybridized carbons (Fsp3) is 0.424. The molecule has 0 spiro atoms. The van der Waals surface area contributed by atoms with Crippen LogP contribution in [-0.2, 0) is 17.4 Å². The van der Waals surface area contributed by atoms with Crippen LogP contribution in [0.5, 0.6) is 0 Å². The monoisotopic (exact) mass is 534 g/mol. The van der Waals surface area contributed by atoms with Gasteiger partial charge in [0.05, 0.1) is 12.1 Å². The van der Waals surface area contributed by atoms with Crippen molar-refractivity contribution in [2.45, 2.75) is 82.4 Å². The molecule has 4 nitrogen and oxygen atoms in total. The molecule has 1 saturated carbocycles. The van der Waals surface area contributed by atoms with Gasteiger partial charge < -0.3 is 15.7 Å². The van der Waals surface area contributed by atoms with E-state index in [1.54, 1.807) is 24.3 Å². The summed E-state index contributed by atoms with van der Waals surface area (Å²) in [6.07, 6.45) is 4.33. The number of amides is 1. The molecule has 39 heavy (non-hydrogen) atoms. The molecule has 1 aliphatic carbocycles. The van der Waals surface area contributed by atoms with Crippen molar-refractivity contribution in [3.63, 3.8) is 0 Å². The predicted molar refractivity (Wildman–Crippen MR) is 152 cm³/mol. The Labute approximate surface area is 230 Å². The molecule has 0 saturated heterocycles. The van der Waals surface area contributed by atoms with E-state index in [0.29, 0.717) is 11.1 Å². The second-order valence-electron chi connectivity index (χ2n) is 11.8. The Balaban J connectivity index is 1.57. The molecule has 1 amide bonds. The lowest BCUT2D eigenvalue weighted by Crippen LogP contribution is -2.53. The molecule has 2 unspecified atom stereocenters. The summed E-state index contributed by atoms with van der Waals surface area (Å²) in [4.78, 5) is 13.0. The Morgan fingerprint density at radius 2 is 1.59 bits per heavy atom. The van der Waals surface area contributed by atoms with Crippen LogP contribution < -0.4 is 10.6 Å². The zero-order valence-corrected chi connectivity index (χ0v) is 23.1. The zero-order chi connectivity index (χ0) is 28.0. The van der Waals surface area contributed by atoms with Crippen LogP contribution in [0.15, 0.2) is 72.8 Å². The molecule has 0 bridgehead atoms. The summed E-state index contributed by atoms with van der Waals surface area (Å²) in [5.41, 5.74) is 3.01. The minimum atomic E-state index is -0.992. The quantitative estimate of drug-likeness (QED) is 0.297. The van der Waals surface area contributed by atoms with Crippen LogP contribution in [0, 0.1) is 11.6 Å². The maximum absolute atomic E-state index is 14.0. The van der Waals surface area contributed by atoms with E-state index in [-0.39, 0.29) is 29.8 Å². The van der Waals surface area contributed by atoms with Crippen LogP contribution in [0.4, 0.5) is 8.78 Å². The highest BCUT2D eigenvalue weighted by Crippen LogP contribution is 2.38. The Kier molecular flexibility index (Phi) is 9.19. The van der Waals surface area contributed by atoms with E-state index in [9.17, 15) is 18.7 Å². The van der Waals surface area contributed by atoms with E-state index in [1.165, 1.54) is 29.7 Å². The zero-order valence-electron chi connectivity index (χ0n) is 23.1. The third-order valence-electron chi connectivity index (χ3n) is 7.83. The van der Waals surface area contributed by atoms with Gasteiger partial charge in [-0.2, -0.15) is 0 Å². The molecule has 3 aromatic carbocycles. The van der Waals surface area contributed by atoms with Gasteiger partial charge in [-0.3, -0.25) is 4.79 Å². The van der Waals surface area contributed by atoms with Crippen molar-refractivity contribution in [3.8, 4) is 0 Å². The summed E-state index contributed by atoms with van der Waals surface area (Å²) in [5.74, 6) is -1.72. The standard InChI is InChI=1S/C33H40F2N2O2/c1-32(2,3)25-13-10-14-26(20-25)33(15-8-5-9-16-33)36-22-30(38)29(19-23-17-27(34)21-28(35)18-23)37-31(39)24-11-6-4-7-12-24/h4,6-7,10-14,17-18,20-21,29-30,36,38H,5,8-9,15-16,19,22H2,1-3H3,(H,37,39). The molecular weight excluding hydrogens is 494 g/mol. The molecule has 0 aliphatic heterocycles.